The predicted molar refractivity (Wildman–Crippen MR) is 67.9 cm³/mol. The molecular formula is C12H8N4O3. The summed E-state index contributed by atoms with van der Waals surface area (Å²) in [7, 11) is 0. The van der Waals surface area contributed by atoms with E-state index in [-0.39, 0.29) is 16.9 Å². The first kappa shape index (κ1) is 11.1. The largest absolute Gasteiger partial charge is 0.297 e. The summed E-state index contributed by atoms with van der Waals surface area (Å²) in [4.78, 5) is 26.6. The van der Waals surface area contributed by atoms with Gasteiger partial charge in [-0.3, -0.25) is 20.0 Å². The van der Waals surface area contributed by atoms with Gasteiger partial charge in [-0.15, -0.1) is 0 Å². The van der Waals surface area contributed by atoms with Crippen LogP contribution in [0, 0.1) is 10.1 Å². The molecule has 0 amide bonds. The second-order valence-electron chi connectivity index (χ2n) is 3.91. The minimum Gasteiger partial charge on any atom is -0.297 e. The fourth-order valence-corrected chi connectivity index (χ4v) is 1.92. The number of nitro benzene ring substituents is 1. The van der Waals surface area contributed by atoms with Crippen LogP contribution in [-0.2, 0) is 0 Å². The lowest BCUT2D eigenvalue weighted by Gasteiger charge is -2.02. The van der Waals surface area contributed by atoms with Crippen LogP contribution in [0.15, 0.2) is 47.4 Å². The van der Waals surface area contributed by atoms with Crippen molar-refractivity contribution in [1.82, 2.24) is 14.6 Å². The van der Waals surface area contributed by atoms with Crippen molar-refractivity contribution in [3.05, 3.63) is 63.1 Å². The van der Waals surface area contributed by atoms with E-state index in [1.54, 1.807) is 30.5 Å². The summed E-state index contributed by atoms with van der Waals surface area (Å²) in [6, 6.07) is 9.09. The number of benzene rings is 1. The first-order valence-corrected chi connectivity index (χ1v) is 5.48. The molecule has 1 aromatic carbocycles. The molecule has 0 radical (unpaired) electrons. The van der Waals surface area contributed by atoms with E-state index in [0.29, 0.717) is 11.2 Å². The number of nitrogens with zero attached hydrogens (tertiary/aromatic N) is 3. The molecule has 0 unspecified atom stereocenters. The molecule has 7 heteroatoms. The Morgan fingerprint density at radius 1 is 1.26 bits per heavy atom. The zero-order valence-electron chi connectivity index (χ0n) is 9.61. The van der Waals surface area contributed by atoms with Gasteiger partial charge in [0.05, 0.1) is 16.2 Å². The maximum atomic E-state index is 11.8. The molecule has 3 aromatic rings. The molecule has 0 aliphatic rings. The second kappa shape index (κ2) is 4.05. The third kappa shape index (κ3) is 1.77. The molecule has 94 valence electrons. The van der Waals surface area contributed by atoms with Crippen LogP contribution in [0.1, 0.15) is 0 Å². The highest BCUT2D eigenvalue weighted by atomic mass is 16.6. The van der Waals surface area contributed by atoms with Crippen molar-refractivity contribution in [2.75, 3.05) is 0 Å². The Labute approximate surface area is 106 Å². The number of hydrogen-bond donors (Lipinski definition) is 1. The highest BCUT2D eigenvalue weighted by molar-refractivity contribution is 5.71. The van der Waals surface area contributed by atoms with Gasteiger partial charge in [0.25, 0.3) is 11.2 Å². The second-order valence-corrected chi connectivity index (χ2v) is 3.91. The predicted octanol–water partition coefficient (Wildman–Crippen LogP) is 1.60. The molecule has 0 aliphatic heterocycles. The van der Waals surface area contributed by atoms with E-state index in [0.717, 1.165) is 0 Å². The lowest BCUT2D eigenvalue weighted by molar-refractivity contribution is -0.384. The van der Waals surface area contributed by atoms with Crippen LogP contribution in [0.25, 0.3) is 16.9 Å². The summed E-state index contributed by atoms with van der Waals surface area (Å²) < 4.78 is 1.26. The Hall–Kier alpha value is -2.96. The van der Waals surface area contributed by atoms with Gasteiger partial charge in [0.1, 0.15) is 0 Å². The molecule has 0 aliphatic carbocycles. The highest BCUT2D eigenvalue weighted by Gasteiger charge is 2.16. The van der Waals surface area contributed by atoms with E-state index < -0.39 is 4.92 Å². The van der Waals surface area contributed by atoms with Gasteiger partial charge in [-0.2, -0.15) is 0 Å². The quantitative estimate of drug-likeness (QED) is 0.556. The minimum atomic E-state index is -0.490. The molecule has 19 heavy (non-hydrogen) atoms. The van der Waals surface area contributed by atoms with Gasteiger partial charge in [-0.05, 0) is 6.07 Å². The Morgan fingerprint density at radius 3 is 2.84 bits per heavy atom. The number of para-hydroxylation sites is 1. The molecule has 0 fully saturated rings. The van der Waals surface area contributed by atoms with Crippen LogP contribution in [0.5, 0.6) is 0 Å². The monoisotopic (exact) mass is 256 g/mol. The number of nitro groups is 1. The lowest BCUT2D eigenvalue weighted by Crippen LogP contribution is -2.14. The van der Waals surface area contributed by atoms with E-state index in [2.05, 4.69) is 10.1 Å². The fraction of sp³-hybridized carbons (Fsp3) is 0. The van der Waals surface area contributed by atoms with Gasteiger partial charge in [0, 0.05) is 24.4 Å². The average Bonchev–Trinajstić information content (AvgIpc) is 2.87. The van der Waals surface area contributed by atoms with Crippen LogP contribution in [0.4, 0.5) is 5.69 Å². The number of aromatic nitrogens is 3. The van der Waals surface area contributed by atoms with Crippen LogP contribution < -0.4 is 5.56 Å². The van der Waals surface area contributed by atoms with Crippen molar-refractivity contribution in [1.29, 1.82) is 0 Å². The van der Waals surface area contributed by atoms with Gasteiger partial charge in [-0.1, -0.05) is 12.1 Å². The molecule has 0 atom stereocenters. The van der Waals surface area contributed by atoms with E-state index in [1.807, 2.05) is 0 Å². The van der Waals surface area contributed by atoms with Crippen molar-refractivity contribution in [2.45, 2.75) is 0 Å². The zero-order valence-corrected chi connectivity index (χ0v) is 9.61. The summed E-state index contributed by atoms with van der Waals surface area (Å²) in [6.45, 7) is 0. The number of aromatic amines is 1. The number of hydrogen-bond acceptors (Lipinski definition) is 4. The van der Waals surface area contributed by atoms with Crippen molar-refractivity contribution in [3.8, 4) is 11.3 Å². The Bertz CT molecular complexity index is 834. The zero-order chi connectivity index (χ0) is 13.4. The van der Waals surface area contributed by atoms with E-state index in [1.165, 1.54) is 16.6 Å². The topological polar surface area (TPSA) is 93.3 Å². The molecule has 0 bridgehead atoms. The van der Waals surface area contributed by atoms with E-state index in [9.17, 15) is 14.9 Å². The Balaban J connectivity index is 2.30. The van der Waals surface area contributed by atoms with Gasteiger partial charge < -0.3 is 0 Å². The molecule has 2 aromatic heterocycles. The van der Waals surface area contributed by atoms with Crippen LogP contribution in [-0.4, -0.2) is 19.5 Å². The minimum absolute atomic E-state index is 0.0747. The molecule has 2 heterocycles. The molecule has 7 nitrogen and oxygen atoms in total. The normalized spacial score (nSPS) is 10.7. The smallest absolute Gasteiger partial charge is 0.278 e. The van der Waals surface area contributed by atoms with Crippen LogP contribution >= 0.6 is 0 Å². The number of H-pyrrole nitrogens is 1. The standard InChI is InChI=1S/C12H8N4O3/c17-12-7-9(14-11-5-6-13-15(11)12)8-3-1-2-4-10(8)16(18)19/h1-7,13H. The van der Waals surface area contributed by atoms with E-state index >= 15 is 0 Å². The van der Waals surface area contributed by atoms with Gasteiger partial charge in [0.2, 0.25) is 0 Å². The third-order valence-electron chi connectivity index (χ3n) is 2.76. The maximum Gasteiger partial charge on any atom is 0.278 e. The number of fused-ring (bicyclic) bond motifs is 1. The Morgan fingerprint density at radius 2 is 2.05 bits per heavy atom. The third-order valence-corrected chi connectivity index (χ3v) is 2.76. The van der Waals surface area contributed by atoms with Gasteiger partial charge in [-0.25, -0.2) is 9.50 Å². The summed E-state index contributed by atoms with van der Waals surface area (Å²) >= 11 is 0. The molecular weight excluding hydrogens is 248 g/mol. The molecule has 0 spiro atoms. The van der Waals surface area contributed by atoms with Crippen molar-refractivity contribution in [2.24, 2.45) is 0 Å². The summed E-state index contributed by atoms with van der Waals surface area (Å²) in [5.74, 6) is 0. The summed E-state index contributed by atoms with van der Waals surface area (Å²) in [6.07, 6.45) is 1.58. The van der Waals surface area contributed by atoms with E-state index in [4.69, 9.17) is 0 Å². The molecule has 1 N–H and O–H groups in total. The lowest BCUT2D eigenvalue weighted by atomic mass is 10.1. The summed E-state index contributed by atoms with van der Waals surface area (Å²) in [5, 5.41) is 13.7. The fourth-order valence-electron chi connectivity index (χ4n) is 1.92. The first-order valence-electron chi connectivity index (χ1n) is 5.48. The average molecular weight is 256 g/mol. The highest BCUT2D eigenvalue weighted by Crippen LogP contribution is 2.27. The maximum absolute atomic E-state index is 11.8. The van der Waals surface area contributed by atoms with Crippen LogP contribution in [0.2, 0.25) is 0 Å². The van der Waals surface area contributed by atoms with Gasteiger partial charge in [0.15, 0.2) is 5.65 Å². The SMILES string of the molecule is O=c1cc(-c2ccccc2[N+](=O)[O-])nc2cc[nH]n12. The summed E-state index contributed by atoms with van der Waals surface area (Å²) in [5.41, 5.74) is 0.642. The molecule has 0 saturated carbocycles. The molecule has 3 rings (SSSR count). The number of nitrogens with one attached hydrogen (secondary N) is 1. The van der Waals surface area contributed by atoms with Crippen molar-refractivity contribution >= 4 is 11.3 Å². The molecule has 0 saturated heterocycles. The first-order chi connectivity index (χ1) is 9.16. The van der Waals surface area contributed by atoms with Crippen molar-refractivity contribution in [3.63, 3.8) is 0 Å². The van der Waals surface area contributed by atoms with Crippen LogP contribution in [0.3, 0.4) is 0 Å². The number of rotatable bonds is 2. The van der Waals surface area contributed by atoms with Gasteiger partial charge >= 0.3 is 0 Å². The Kier molecular flexibility index (Phi) is 2.38. The van der Waals surface area contributed by atoms with Crippen molar-refractivity contribution < 1.29 is 4.92 Å².